The molecule has 0 aliphatic rings. The smallest absolute Gasteiger partial charge is 0.328 e. The van der Waals surface area contributed by atoms with Crippen molar-refractivity contribution in [1.29, 1.82) is 0 Å². The highest BCUT2D eigenvalue weighted by Gasteiger charge is 2.32. The van der Waals surface area contributed by atoms with Crippen LogP contribution in [0.4, 0.5) is 0 Å². The predicted molar refractivity (Wildman–Crippen MR) is 107 cm³/mol. The van der Waals surface area contributed by atoms with Crippen molar-refractivity contribution >= 4 is 23.7 Å². The van der Waals surface area contributed by atoms with E-state index in [9.17, 15) is 24.3 Å². The predicted octanol–water partition coefficient (Wildman–Crippen LogP) is -1.96. The van der Waals surface area contributed by atoms with E-state index in [4.69, 9.17) is 16.6 Å². The summed E-state index contributed by atoms with van der Waals surface area (Å²) in [6, 6.07) is -3.46. The average Bonchev–Trinajstić information content (AvgIpc) is 2.67. The van der Waals surface area contributed by atoms with Crippen LogP contribution in [0.3, 0.4) is 0 Å². The number of amides is 3. The molecule has 0 aliphatic carbocycles. The Morgan fingerprint density at radius 1 is 0.931 bits per heavy atom. The van der Waals surface area contributed by atoms with E-state index in [2.05, 4.69) is 16.0 Å². The van der Waals surface area contributed by atoms with Gasteiger partial charge in [-0.2, -0.15) is 0 Å². The molecule has 0 fully saturated rings. The number of carbonyl (C=O) groups excluding carboxylic acids is 3. The summed E-state index contributed by atoms with van der Waals surface area (Å²) in [5.74, 6) is -3.43. The third kappa shape index (κ3) is 9.68. The molecule has 0 spiro atoms. The van der Waals surface area contributed by atoms with E-state index < -0.39 is 47.9 Å². The summed E-state index contributed by atoms with van der Waals surface area (Å²) in [5.41, 5.74) is 10.8. The van der Waals surface area contributed by atoms with E-state index in [-0.39, 0.29) is 18.9 Å². The second kappa shape index (κ2) is 13.9. The van der Waals surface area contributed by atoms with Gasteiger partial charge in [0.15, 0.2) is 6.04 Å². The molecule has 0 rings (SSSR count). The van der Waals surface area contributed by atoms with Gasteiger partial charge in [-0.15, -0.1) is 0 Å². The van der Waals surface area contributed by atoms with Crippen LogP contribution in [-0.2, 0) is 19.2 Å². The molecule has 0 heterocycles. The number of carboxylic acid groups (broad SMARTS) is 1. The van der Waals surface area contributed by atoms with Gasteiger partial charge >= 0.3 is 5.97 Å². The van der Waals surface area contributed by atoms with Gasteiger partial charge in [0.1, 0.15) is 12.1 Å². The quantitative estimate of drug-likeness (QED) is 0.158. The number of nitrogens with one attached hydrogen (secondary N) is 3. The number of hydrogen-bond donors (Lipinski definition) is 7. The molecule has 3 amide bonds. The summed E-state index contributed by atoms with van der Waals surface area (Å²) < 4.78 is 0. The molecule has 168 valence electrons. The first-order chi connectivity index (χ1) is 13.6. The molecule has 9 N–H and O–H groups in total. The highest BCUT2D eigenvalue weighted by atomic mass is 16.4. The Balaban J connectivity index is 5.40. The lowest BCUT2D eigenvalue weighted by Gasteiger charge is -2.27. The van der Waals surface area contributed by atoms with Crippen LogP contribution in [0.5, 0.6) is 0 Å². The number of carboxylic acids is 1. The van der Waals surface area contributed by atoms with Crippen molar-refractivity contribution in [2.75, 3.05) is 13.1 Å². The first-order valence-corrected chi connectivity index (χ1v) is 9.80. The monoisotopic (exact) mass is 417 g/mol. The molecule has 0 radical (unpaired) electrons. The number of rotatable bonds is 14. The summed E-state index contributed by atoms with van der Waals surface area (Å²) in [7, 11) is 0. The van der Waals surface area contributed by atoms with Crippen molar-refractivity contribution in [1.82, 2.24) is 16.0 Å². The SMILES string of the molecule is CCC(C)C(NC(=O)CN)C(=O)NC(CCCCN)C(=O)NC(C(=O)O)C(C)O. The Morgan fingerprint density at radius 3 is 2.00 bits per heavy atom. The van der Waals surface area contributed by atoms with Crippen LogP contribution in [-0.4, -0.2) is 71.2 Å². The molecule has 0 saturated carbocycles. The molecule has 0 aromatic rings. The van der Waals surface area contributed by atoms with Crippen LogP contribution in [0.15, 0.2) is 0 Å². The van der Waals surface area contributed by atoms with Crippen molar-refractivity contribution in [2.24, 2.45) is 17.4 Å². The van der Waals surface area contributed by atoms with Crippen molar-refractivity contribution < 1.29 is 29.4 Å². The third-order valence-electron chi connectivity index (χ3n) is 4.62. The molecule has 29 heavy (non-hydrogen) atoms. The van der Waals surface area contributed by atoms with Crippen LogP contribution < -0.4 is 27.4 Å². The Hall–Kier alpha value is -2.24. The molecule has 11 nitrogen and oxygen atoms in total. The lowest BCUT2D eigenvalue weighted by Crippen LogP contribution is -2.58. The Morgan fingerprint density at radius 2 is 1.55 bits per heavy atom. The first-order valence-electron chi connectivity index (χ1n) is 9.80. The standard InChI is InChI=1S/C18H35N5O6/c1-4-10(2)14(22-13(25)9-20)17(27)21-12(7-5-6-8-19)16(26)23-15(11(3)24)18(28)29/h10-12,14-15,24H,4-9,19-20H2,1-3H3,(H,21,27)(H,22,25)(H,23,26)(H,28,29). The van der Waals surface area contributed by atoms with Crippen LogP contribution >= 0.6 is 0 Å². The minimum Gasteiger partial charge on any atom is -0.480 e. The van der Waals surface area contributed by atoms with Gasteiger partial charge < -0.3 is 37.6 Å². The van der Waals surface area contributed by atoms with Gasteiger partial charge in [0.2, 0.25) is 17.7 Å². The zero-order chi connectivity index (χ0) is 22.6. The van der Waals surface area contributed by atoms with Crippen LogP contribution in [0.1, 0.15) is 46.5 Å². The number of aliphatic hydroxyl groups excluding tert-OH is 1. The van der Waals surface area contributed by atoms with Gasteiger partial charge in [-0.05, 0) is 38.6 Å². The fourth-order valence-electron chi connectivity index (χ4n) is 2.60. The van der Waals surface area contributed by atoms with E-state index in [1.165, 1.54) is 6.92 Å². The van der Waals surface area contributed by atoms with Gasteiger partial charge in [-0.3, -0.25) is 14.4 Å². The molecular formula is C18H35N5O6. The highest BCUT2D eigenvalue weighted by molar-refractivity contribution is 5.93. The first kappa shape index (κ1) is 26.8. The van der Waals surface area contributed by atoms with E-state index in [0.29, 0.717) is 25.8 Å². The summed E-state index contributed by atoms with van der Waals surface area (Å²) in [4.78, 5) is 48.3. The largest absolute Gasteiger partial charge is 0.480 e. The van der Waals surface area contributed by atoms with Crippen molar-refractivity contribution in [3.05, 3.63) is 0 Å². The summed E-state index contributed by atoms with van der Waals surface area (Å²) in [5, 5.41) is 26.1. The fourth-order valence-corrected chi connectivity index (χ4v) is 2.60. The lowest BCUT2D eigenvalue weighted by atomic mass is 9.97. The summed E-state index contributed by atoms with van der Waals surface area (Å²) in [6.45, 7) is 4.98. The number of nitrogens with two attached hydrogens (primary N) is 2. The van der Waals surface area contributed by atoms with E-state index in [0.717, 1.165) is 0 Å². The Kier molecular flexibility index (Phi) is 12.8. The van der Waals surface area contributed by atoms with Crippen molar-refractivity contribution in [2.45, 2.75) is 70.7 Å². The van der Waals surface area contributed by atoms with Gasteiger partial charge in [0.05, 0.1) is 12.6 Å². The Bertz CT molecular complexity index is 557. The number of aliphatic carboxylic acids is 1. The highest BCUT2D eigenvalue weighted by Crippen LogP contribution is 2.10. The summed E-state index contributed by atoms with van der Waals surface area (Å²) in [6.07, 6.45) is 0.616. The molecule has 0 bridgehead atoms. The molecule has 5 atom stereocenters. The number of hydrogen-bond acceptors (Lipinski definition) is 7. The van der Waals surface area contributed by atoms with Gasteiger partial charge in [0, 0.05) is 0 Å². The number of carbonyl (C=O) groups is 4. The minimum absolute atomic E-state index is 0.220. The molecule has 0 aromatic heterocycles. The Labute approximate surface area is 171 Å². The van der Waals surface area contributed by atoms with E-state index in [1.807, 2.05) is 6.92 Å². The zero-order valence-corrected chi connectivity index (χ0v) is 17.3. The van der Waals surface area contributed by atoms with Crippen molar-refractivity contribution in [3.63, 3.8) is 0 Å². The molecule has 5 unspecified atom stereocenters. The molecule has 0 aliphatic heterocycles. The van der Waals surface area contributed by atoms with E-state index in [1.54, 1.807) is 6.92 Å². The van der Waals surface area contributed by atoms with Gasteiger partial charge in [-0.25, -0.2) is 4.79 Å². The molecule has 0 aromatic carbocycles. The maximum absolute atomic E-state index is 12.8. The number of aliphatic hydroxyl groups is 1. The topological polar surface area (TPSA) is 197 Å². The normalized spacial score (nSPS) is 16.1. The molecule has 0 saturated heterocycles. The maximum atomic E-state index is 12.8. The zero-order valence-electron chi connectivity index (χ0n) is 17.3. The fraction of sp³-hybridized carbons (Fsp3) is 0.778. The maximum Gasteiger partial charge on any atom is 0.328 e. The minimum atomic E-state index is -1.52. The molecule has 11 heteroatoms. The second-order valence-electron chi connectivity index (χ2n) is 7.05. The van der Waals surface area contributed by atoms with Crippen LogP contribution in [0, 0.1) is 5.92 Å². The van der Waals surface area contributed by atoms with Crippen molar-refractivity contribution in [3.8, 4) is 0 Å². The summed E-state index contributed by atoms with van der Waals surface area (Å²) >= 11 is 0. The van der Waals surface area contributed by atoms with Crippen LogP contribution in [0.2, 0.25) is 0 Å². The van der Waals surface area contributed by atoms with E-state index >= 15 is 0 Å². The number of unbranched alkanes of at least 4 members (excludes halogenated alkanes) is 1. The van der Waals surface area contributed by atoms with Gasteiger partial charge in [0.25, 0.3) is 0 Å². The van der Waals surface area contributed by atoms with Crippen LogP contribution in [0.25, 0.3) is 0 Å². The second-order valence-corrected chi connectivity index (χ2v) is 7.05. The molecular weight excluding hydrogens is 382 g/mol. The third-order valence-corrected chi connectivity index (χ3v) is 4.62. The van der Waals surface area contributed by atoms with Gasteiger partial charge in [-0.1, -0.05) is 20.3 Å². The lowest BCUT2D eigenvalue weighted by molar-refractivity contribution is -0.145. The average molecular weight is 418 g/mol.